The predicted molar refractivity (Wildman–Crippen MR) is 167 cm³/mol. The van der Waals surface area contributed by atoms with E-state index in [1.807, 2.05) is 51.2 Å². The Bertz CT molecular complexity index is 1930. The molecule has 0 unspecified atom stereocenters. The standard InChI is InChI=1S/C34H36N4O5/c1-7-20-17(3)23-13-24-19(5)22(9-10-31(39)40)28(37-24)16-30-34(12-11-32(41)43-34)33(6,42)29(38-30)15-27-21(8-2)18(4)25(36-27)14-26(20)35-23/h7-8,13-16,35-38,42H,1-2,9-12H2,3-6H3,(H,39,40)/b23-13-,26-14-,29-15-,30-16+/t33-,34+/m0/s1. The second kappa shape index (κ2) is 9.91. The minimum Gasteiger partial charge on any atom is -0.481 e. The van der Waals surface area contributed by atoms with Crippen LogP contribution in [0.3, 0.4) is 0 Å². The van der Waals surface area contributed by atoms with E-state index in [0.29, 0.717) is 23.5 Å². The fourth-order valence-corrected chi connectivity index (χ4v) is 6.71. The van der Waals surface area contributed by atoms with Gasteiger partial charge in [-0.05, 0) is 80.7 Å². The van der Waals surface area contributed by atoms with E-state index in [2.05, 4.69) is 33.4 Å². The Morgan fingerprint density at radius 1 is 0.907 bits per heavy atom. The molecule has 6 N–H and O–H groups in total. The lowest BCUT2D eigenvalue weighted by atomic mass is 9.80. The van der Waals surface area contributed by atoms with Crippen molar-refractivity contribution >= 4 is 48.4 Å². The molecule has 43 heavy (non-hydrogen) atoms. The van der Waals surface area contributed by atoms with Crippen molar-refractivity contribution in [3.05, 3.63) is 91.4 Å². The molecule has 0 saturated carbocycles. The Hall–Kier alpha value is -4.76. The molecule has 9 nitrogen and oxygen atoms in total. The number of ether oxygens (including phenoxy) is 1. The first kappa shape index (κ1) is 28.4. The number of aromatic nitrogens is 3. The van der Waals surface area contributed by atoms with Gasteiger partial charge >= 0.3 is 11.9 Å². The van der Waals surface area contributed by atoms with Crippen LogP contribution in [0.15, 0.2) is 24.6 Å². The number of aromatic amines is 3. The van der Waals surface area contributed by atoms with Gasteiger partial charge in [-0.2, -0.15) is 0 Å². The molecule has 0 radical (unpaired) electrons. The molecular formula is C34H36N4O5. The summed E-state index contributed by atoms with van der Waals surface area (Å²) in [6.45, 7) is 15.8. The monoisotopic (exact) mass is 580 g/mol. The molecule has 2 atom stereocenters. The van der Waals surface area contributed by atoms with Gasteiger partial charge in [-0.3, -0.25) is 9.59 Å². The van der Waals surface area contributed by atoms with Gasteiger partial charge < -0.3 is 35.2 Å². The number of carbonyl (C=O) groups excluding carboxylic acids is 1. The molecule has 0 amide bonds. The number of hydrogen-bond acceptors (Lipinski definition) is 5. The average molecular weight is 581 g/mol. The number of H-pyrrole nitrogens is 3. The van der Waals surface area contributed by atoms with Crippen molar-refractivity contribution in [1.82, 2.24) is 20.3 Å². The molecule has 9 heteroatoms. The summed E-state index contributed by atoms with van der Waals surface area (Å²) in [6, 6.07) is 0. The quantitative estimate of drug-likeness (QED) is 0.254. The molecule has 0 aliphatic carbocycles. The van der Waals surface area contributed by atoms with Gasteiger partial charge in [0.2, 0.25) is 0 Å². The van der Waals surface area contributed by atoms with E-state index in [-0.39, 0.29) is 19.3 Å². The van der Waals surface area contributed by atoms with Crippen molar-refractivity contribution in [3.8, 4) is 0 Å². The van der Waals surface area contributed by atoms with Gasteiger partial charge in [-0.1, -0.05) is 25.3 Å². The summed E-state index contributed by atoms with van der Waals surface area (Å²) < 4.78 is 5.95. The number of aliphatic carboxylic acids is 1. The van der Waals surface area contributed by atoms with Gasteiger partial charge in [-0.25, -0.2) is 0 Å². The van der Waals surface area contributed by atoms with Crippen molar-refractivity contribution in [2.24, 2.45) is 0 Å². The summed E-state index contributed by atoms with van der Waals surface area (Å²) in [7, 11) is 0. The fourth-order valence-electron chi connectivity index (χ4n) is 6.71. The van der Waals surface area contributed by atoms with E-state index in [1.165, 1.54) is 0 Å². The van der Waals surface area contributed by atoms with Crippen molar-refractivity contribution in [2.75, 3.05) is 0 Å². The van der Waals surface area contributed by atoms with E-state index in [4.69, 9.17) is 4.74 Å². The minimum atomic E-state index is -1.58. The SMILES string of the molecule is C=Cc1c2[nH]c(c1C)/C=c1\[nH]/c(c(C)c1C=C)=C\c1[nH]c(c(CCC(=O)O)c1C)/C=C1/N/C(=C\2)[C@](C)(O)[C@@]12CCC(=O)O2. The third-order valence-corrected chi connectivity index (χ3v) is 9.32. The van der Waals surface area contributed by atoms with Crippen molar-refractivity contribution in [1.29, 1.82) is 0 Å². The highest BCUT2D eigenvalue weighted by atomic mass is 16.6. The van der Waals surface area contributed by atoms with Crippen molar-refractivity contribution in [2.45, 2.75) is 64.6 Å². The molecule has 3 aliphatic heterocycles. The second-order valence-corrected chi connectivity index (χ2v) is 11.7. The van der Waals surface area contributed by atoms with Crippen LogP contribution in [0.2, 0.25) is 0 Å². The van der Waals surface area contributed by atoms with Crippen molar-refractivity contribution < 1.29 is 24.5 Å². The van der Waals surface area contributed by atoms with Crippen LogP contribution in [0.1, 0.15) is 82.3 Å². The van der Waals surface area contributed by atoms with Crippen LogP contribution in [-0.2, 0) is 20.7 Å². The van der Waals surface area contributed by atoms with Crippen LogP contribution in [0, 0.1) is 20.8 Å². The molecular weight excluding hydrogens is 544 g/mol. The first-order valence-electron chi connectivity index (χ1n) is 14.4. The summed E-state index contributed by atoms with van der Waals surface area (Å²) in [5, 5.41) is 26.8. The highest BCUT2D eigenvalue weighted by Gasteiger charge is 2.63. The Balaban J connectivity index is 1.71. The zero-order valence-electron chi connectivity index (χ0n) is 24.8. The Labute approximate surface area is 249 Å². The molecule has 3 aromatic heterocycles. The number of hydrogen-bond donors (Lipinski definition) is 6. The van der Waals surface area contributed by atoms with Gasteiger partial charge in [0.1, 0.15) is 5.60 Å². The van der Waals surface area contributed by atoms with Crippen LogP contribution < -0.4 is 16.0 Å². The number of aliphatic hydroxyl groups is 1. The van der Waals surface area contributed by atoms with Crippen LogP contribution >= 0.6 is 0 Å². The van der Waals surface area contributed by atoms with Crippen LogP contribution in [-0.4, -0.2) is 48.3 Å². The molecule has 222 valence electrons. The Morgan fingerprint density at radius 3 is 2.21 bits per heavy atom. The predicted octanol–water partition coefficient (Wildman–Crippen LogP) is 3.68. The maximum Gasteiger partial charge on any atom is 0.307 e. The number of rotatable bonds is 5. The summed E-state index contributed by atoms with van der Waals surface area (Å²) in [4.78, 5) is 34.7. The Kier molecular flexibility index (Phi) is 6.54. The summed E-state index contributed by atoms with van der Waals surface area (Å²) in [5.41, 5.74) is 6.78. The van der Waals surface area contributed by atoms with E-state index in [9.17, 15) is 19.8 Å². The summed E-state index contributed by atoms with van der Waals surface area (Å²) in [5.74, 6) is -1.29. The van der Waals surface area contributed by atoms with E-state index in [1.54, 1.807) is 13.0 Å². The number of carbonyl (C=O) groups is 2. The van der Waals surface area contributed by atoms with E-state index >= 15 is 0 Å². The topological polar surface area (TPSA) is 143 Å². The maximum absolute atomic E-state index is 12.6. The normalized spacial score (nSPS) is 26.3. The number of carboxylic acid groups (broad SMARTS) is 1. The lowest BCUT2D eigenvalue weighted by Gasteiger charge is -2.34. The third kappa shape index (κ3) is 4.26. The molecule has 6 heterocycles. The minimum absolute atomic E-state index is 0.0510. The lowest BCUT2D eigenvalue weighted by molar-refractivity contribution is -0.158. The van der Waals surface area contributed by atoms with Crippen LogP contribution in [0.25, 0.3) is 36.5 Å². The first-order valence-corrected chi connectivity index (χ1v) is 14.4. The van der Waals surface area contributed by atoms with Gasteiger partial charge in [0.15, 0.2) is 5.60 Å². The van der Waals surface area contributed by atoms with Crippen LogP contribution in [0.4, 0.5) is 0 Å². The number of carboxylic acids is 1. The van der Waals surface area contributed by atoms with Crippen LogP contribution in [0.5, 0.6) is 0 Å². The zero-order valence-corrected chi connectivity index (χ0v) is 24.8. The zero-order chi connectivity index (χ0) is 30.8. The summed E-state index contributed by atoms with van der Waals surface area (Å²) >= 11 is 0. The van der Waals surface area contributed by atoms with E-state index < -0.39 is 23.1 Å². The van der Waals surface area contributed by atoms with Gasteiger partial charge in [0.05, 0.1) is 11.4 Å². The molecule has 6 rings (SSSR count). The first-order chi connectivity index (χ1) is 20.4. The second-order valence-electron chi connectivity index (χ2n) is 11.7. The highest BCUT2D eigenvalue weighted by molar-refractivity contribution is 5.79. The van der Waals surface area contributed by atoms with E-state index in [0.717, 1.165) is 61.2 Å². The largest absolute Gasteiger partial charge is 0.481 e. The molecule has 1 spiro atoms. The van der Waals surface area contributed by atoms with Crippen molar-refractivity contribution in [3.63, 3.8) is 0 Å². The molecule has 8 bridgehead atoms. The van der Waals surface area contributed by atoms with Gasteiger partial charge in [-0.15, -0.1) is 0 Å². The number of nitrogens with one attached hydrogen (secondary N) is 4. The third-order valence-electron chi connectivity index (χ3n) is 9.32. The molecule has 2 saturated heterocycles. The highest BCUT2D eigenvalue weighted by Crippen LogP contribution is 2.50. The molecule has 2 fully saturated rings. The molecule has 3 aromatic rings. The maximum atomic E-state index is 12.6. The van der Waals surface area contributed by atoms with Gasteiger partial charge in [0.25, 0.3) is 0 Å². The average Bonchev–Trinajstić information content (AvgIpc) is 3.69. The molecule has 3 aliphatic rings. The summed E-state index contributed by atoms with van der Waals surface area (Å²) in [6.07, 6.45) is 12.0. The number of esters is 1. The number of fused-ring (bicyclic) bond motifs is 9. The lowest BCUT2D eigenvalue weighted by Crippen LogP contribution is -2.49. The Morgan fingerprint density at radius 2 is 1.56 bits per heavy atom. The smallest absolute Gasteiger partial charge is 0.307 e. The van der Waals surface area contributed by atoms with Gasteiger partial charge in [0, 0.05) is 63.9 Å². The molecule has 0 aromatic carbocycles. The fraction of sp³-hybridized carbons (Fsp3) is 0.294.